The molecule has 0 fully saturated rings. The first-order valence-corrected chi connectivity index (χ1v) is 5.62. The van der Waals surface area contributed by atoms with Crippen LogP contribution in [0.1, 0.15) is 72.1 Å². The monoisotopic (exact) mass is 187 g/mol. The third kappa shape index (κ3) is 14.8. The highest BCUT2D eigenvalue weighted by Gasteiger charge is 1.90. The number of rotatable bonds is 9. The second kappa shape index (κ2) is 14.5. The lowest BCUT2D eigenvalue weighted by Gasteiger charge is -1.99. The molecule has 0 atom stereocenters. The van der Waals surface area contributed by atoms with Gasteiger partial charge in [0.05, 0.1) is 0 Å². The largest absolute Gasteiger partial charge is 0.330 e. The normalized spacial score (nSPS) is 9.69. The second-order valence-corrected chi connectivity index (χ2v) is 3.62. The van der Waals surface area contributed by atoms with Crippen molar-refractivity contribution in [3.8, 4) is 0 Å². The number of unbranched alkanes of at least 4 members (excludes halogenated alkanes) is 8. The van der Waals surface area contributed by atoms with Crippen LogP contribution in [0.5, 0.6) is 0 Å². The SMILES string of the molecule is C.CCCCCCCCCCCN. The summed E-state index contributed by atoms with van der Waals surface area (Å²) in [5.74, 6) is 0. The molecule has 0 heterocycles. The molecule has 1 nitrogen and oxygen atoms in total. The summed E-state index contributed by atoms with van der Waals surface area (Å²) in [7, 11) is 0. The third-order valence-corrected chi connectivity index (χ3v) is 2.31. The van der Waals surface area contributed by atoms with Crippen LogP contribution in [-0.2, 0) is 0 Å². The summed E-state index contributed by atoms with van der Waals surface area (Å²) >= 11 is 0. The van der Waals surface area contributed by atoms with Crippen molar-refractivity contribution >= 4 is 0 Å². The molecular formula is C12H29N. The lowest BCUT2D eigenvalue weighted by molar-refractivity contribution is 0.567. The highest BCUT2D eigenvalue weighted by Crippen LogP contribution is 2.08. The van der Waals surface area contributed by atoms with Crippen molar-refractivity contribution in [2.24, 2.45) is 5.73 Å². The first kappa shape index (κ1) is 15.4. The molecule has 0 aliphatic carbocycles. The van der Waals surface area contributed by atoms with Gasteiger partial charge in [-0.2, -0.15) is 0 Å². The Balaban J connectivity index is 0. The van der Waals surface area contributed by atoms with E-state index in [0.29, 0.717) is 0 Å². The molecule has 0 saturated heterocycles. The molecule has 0 saturated carbocycles. The zero-order chi connectivity index (χ0) is 9.07. The average Bonchev–Trinajstić information content (AvgIpc) is 2.10. The molecule has 2 N–H and O–H groups in total. The van der Waals surface area contributed by atoms with Crippen LogP contribution >= 0.6 is 0 Å². The molecule has 0 aromatic rings. The molecule has 0 aliphatic heterocycles. The average molecular weight is 187 g/mol. The smallest absolute Gasteiger partial charge is 0.00773 e. The Labute approximate surface area is 85.1 Å². The van der Waals surface area contributed by atoms with E-state index in [4.69, 9.17) is 5.73 Å². The van der Waals surface area contributed by atoms with E-state index in [1.807, 2.05) is 0 Å². The summed E-state index contributed by atoms with van der Waals surface area (Å²) in [4.78, 5) is 0. The van der Waals surface area contributed by atoms with Crippen molar-refractivity contribution in [3.63, 3.8) is 0 Å². The summed E-state index contributed by atoms with van der Waals surface area (Å²) in [5, 5.41) is 0. The van der Waals surface area contributed by atoms with E-state index in [-0.39, 0.29) is 7.43 Å². The molecule has 82 valence electrons. The molecule has 0 aliphatic rings. The molecule has 0 amide bonds. The van der Waals surface area contributed by atoms with E-state index in [2.05, 4.69) is 6.92 Å². The van der Waals surface area contributed by atoms with Crippen molar-refractivity contribution in [1.82, 2.24) is 0 Å². The van der Waals surface area contributed by atoms with Crippen LogP contribution in [0, 0.1) is 0 Å². The van der Waals surface area contributed by atoms with Crippen molar-refractivity contribution in [2.75, 3.05) is 6.54 Å². The topological polar surface area (TPSA) is 26.0 Å². The highest BCUT2D eigenvalue weighted by molar-refractivity contribution is 4.46. The molecule has 0 aromatic carbocycles. The fraction of sp³-hybridized carbons (Fsp3) is 1.00. The summed E-state index contributed by atoms with van der Waals surface area (Å²) in [5.41, 5.74) is 5.41. The van der Waals surface area contributed by atoms with Crippen molar-refractivity contribution < 1.29 is 0 Å². The predicted molar refractivity (Wildman–Crippen MR) is 63.0 cm³/mol. The molecule has 0 bridgehead atoms. The van der Waals surface area contributed by atoms with Crippen molar-refractivity contribution in [2.45, 2.75) is 72.1 Å². The van der Waals surface area contributed by atoms with E-state index in [1.54, 1.807) is 0 Å². The molecule has 0 rings (SSSR count). The Hall–Kier alpha value is -0.0400. The Morgan fingerprint density at radius 2 is 1.08 bits per heavy atom. The van der Waals surface area contributed by atoms with E-state index in [1.165, 1.54) is 57.8 Å². The van der Waals surface area contributed by atoms with Gasteiger partial charge in [-0.15, -0.1) is 0 Å². The zero-order valence-corrected chi connectivity index (χ0v) is 8.65. The van der Waals surface area contributed by atoms with Crippen molar-refractivity contribution in [3.05, 3.63) is 0 Å². The van der Waals surface area contributed by atoms with Gasteiger partial charge in [-0.05, 0) is 13.0 Å². The second-order valence-electron chi connectivity index (χ2n) is 3.62. The van der Waals surface area contributed by atoms with Crippen LogP contribution in [0.4, 0.5) is 0 Å². The van der Waals surface area contributed by atoms with Gasteiger partial charge in [0.1, 0.15) is 0 Å². The molecule has 0 radical (unpaired) electrons. The van der Waals surface area contributed by atoms with Gasteiger partial charge in [-0.25, -0.2) is 0 Å². The standard InChI is InChI=1S/C11H25N.CH4/c1-2-3-4-5-6-7-8-9-10-11-12;/h2-12H2,1H3;1H4. The van der Waals surface area contributed by atoms with Crippen LogP contribution in [0.2, 0.25) is 0 Å². The molecule has 1 heteroatoms. The first-order chi connectivity index (χ1) is 5.91. The van der Waals surface area contributed by atoms with Gasteiger partial charge in [0.2, 0.25) is 0 Å². The van der Waals surface area contributed by atoms with Crippen LogP contribution in [0.25, 0.3) is 0 Å². The number of hydrogen-bond acceptors (Lipinski definition) is 1. The van der Waals surface area contributed by atoms with Crippen LogP contribution in [0.3, 0.4) is 0 Å². The van der Waals surface area contributed by atoms with E-state index in [9.17, 15) is 0 Å². The predicted octanol–water partition coefficient (Wildman–Crippen LogP) is 4.11. The Kier molecular flexibility index (Phi) is 17.2. The maximum Gasteiger partial charge on any atom is -0.00773 e. The van der Waals surface area contributed by atoms with E-state index < -0.39 is 0 Å². The molecule has 13 heavy (non-hydrogen) atoms. The number of hydrogen-bond donors (Lipinski definition) is 1. The van der Waals surface area contributed by atoms with Crippen molar-refractivity contribution in [1.29, 1.82) is 0 Å². The Bertz CT molecular complexity index is 61.5. The Morgan fingerprint density at radius 3 is 1.46 bits per heavy atom. The van der Waals surface area contributed by atoms with E-state index >= 15 is 0 Å². The maximum absolute atomic E-state index is 5.41. The summed E-state index contributed by atoms with van der Waals surface area (Å²) in [6.07, 6.45) is 12.5. The first-order valence-electron chi connectivity index (χ1n) is 5.62. The fourth-order valence-electron chi connectivity index (χ4n) is 1.45. The molecule has 0 spiro atoms. The van der Waals surface area contributed by atoms with Gasteiger partial charge in [0.25, 0.3) is 0 Å². The lowest BCUT2D eigenvalue weighted by Crippen LogP contribution is -1.97. The van der Waals surface area contributed by atoms with Crippen LogP contribution in [0.15, 0.2) is 0 Å². The van der Waals surface area contributed by atoms with Gasteiger partial charge >= 0.3 is 0 Å². The van der Waals surface area contributed by atoms with Gasteiger partial charge in [-0.3, -0.25) is 0 Å². The minimum absolute atomic E-state index is 0. The van der Waals surface area contributed by atoms with Crippen LogP contribution < -0.4 is 5.73 Å². The minimum Gasteiger partial charge on any atom is -0.330 e. The van der Waals surface area contributed by atoms with Gasteiger partial charge in [0.15, 0.2) is 0 Å². The molecule has 0 unspecified atom stereocenters. The zero-order valence-electron chi connectivity index (χ0n) is 8.65. The summed E-state index contributed by atoms with van der Waals surface area (Å²) < 4.78 is 0. The van der Waals surface area contributed by atoms with Gasteiger partial charge in [0, 0.05) is 0 Å². The summed E-state index contributed by atoms with van der Waals surface area (Å²) in [6.45, 7) is 3.14. The molecular weight excluding hydrogens is 158 g/mol. The maximum atomic E-state index is 5.41. The quantitative estimate of drug-likeness (QED) is 0.540. The minimum atomic E-state index is 0. The molecule has 0 aromatic heterocycles. The lowest BCUT2D eigenvalue weighted by atomic mass is 10.1. The van der Waals surface area contributed by atoms with Gasteiger partial charge in [-0.1, -0.05) is 65.7 Å². The highest BCUT2D eigenvalue weighted by atomic mass is 14.5. The summed E-state index contributed by atoms with van der Waals surface area (Å²) in [6, 6.07) is 0. The van der Waals surface area contributed by atoms with E-state index in [0.717, 1.165) is 6.54 Å². The fourth-order valence-corrected chi connectivity index (χ4v) is 1.45. The third-order valence-electron chi connectivity index (χ3n) is 2.31. The number of nitrogens with two attached hydrogens (primary N) is 1. The van der Waals surface area contributed by atoms with Gasteiger partial charge < -0.3 is 5.73 Å². The van der Waals surface area contributed by atoms with Crippen LogP contribution in [-0.4, -0.2) is 6.54 Å². The Morgan fingerprint density at radius 1 is 0.692 bits per heavy atom.